The van der Waals surface area contributed by atoms with Crippen LogP contribution in [-0.4, -0.2) is 53.8 Å². The van der Waals surface area contributed by atoms with Crippen molar-refractivity contribution in [3.63, 3.8) is 0 Å². The first-order valence-corrected chi connectivity index (χ1v) is 12.6. The Morgan fingerprint density at radius 1 is 0.900 bits per heavy atom. The summed E-state index contributed by atoms with van der Waals surface area (Å²) in [4.78, 5) is 23.6. The summed E-state index contributed by atoms with van der Waals surface area (Å²) in [5.74, 6) is -0.0696. The van der Waals surface area contributed by atoms with Crippen LogP contribution in [0.3, 0.4) is 0 Å². The largest absolute Gasteiger partial charge is 0.500 e. The van der Waals surface area contributed by atoms with Crippen LogP contribution < -0.4 is 10.6 Å². The molecule has 1 aromatic carbocycles. The topological polar surface area (TPSA) is 95.1 Å². The molecule has 0 atom stereocenters. The van der Waals surface area contributed by atoms with Crippen LogP contribution in [0.2, 0.25) is 6.04 Å². The predicted octanol–water partition coefficient (Wildman–Crippen LogP) is 3.25. The van der Waals surface area contributed by atoms with E-state index in [9.17, 15) is 9.59 Å². The van der Waals surface area contributed by atoms with Gasteiger partial charge in [0.25, 0.3) is 0 Å². The molecule has 30 heavy (non-hydrogen) atoms. The average molecular weight is 441 g/mol. The Labute approximate surface area is 181 Å². The van der Waals surface area contributed by atoms with Crippen LogP contribution in [0.4, 0.5) is 4.79 Å². The van der Waals surface area contributed by atoms with Crippen molar-refractivity contribution in [1.82, 2.24) is 10.6 Å². The second kappa shape index (κ2) is 15.8. The Bertz CT molecular complexity index is 585. The van der Waals surface area contributed by atoms with E-state index in [0.29, 0.717) is 51.8 Å². The molecule has 9 heteroatoms. The first-order chi connectivity index (χ1) is 14.5. The van der Waals surface area contributed by atoms with Crippen molar-refractivity contribution in [2.75, 3.05) is 33.0 Å². The molecule has 0 fully saturated rings. The van der Waals surface area contributed by atoms with Gasteiger partial charge in [0.1, 0.15) is 0 Å². The standard InChI is InChI=1S/C21H36N2O6Si/c1-4-27-30(28-5-2,29-6-3)17-11-15-22-20(24)14-10-16-26-21(25)23-18-19-12-8-7-9-13-19/h7-9,12-13H,4-6,10-11,14-18H2,1-3H3,(H,22,24)(H,23,25). The lowest BCUT2D eigenvalue weighted by Crippen LogP contribution is -2.46. The Balaban J connectivity index is 2.14. The maximum atomic E-state index is 12.0. The van der Waals surface area contributed by atoms with Crippen LogP contribution in [0.1, 0.15) is 45.6 Å². The third kappa shape index (κ3) is 11.3. The minimum atomic E-state index is -2.66. The van der Waals surface area contributed by atoms with Gasteiger partial charge in [0, 0.05) is 45.4 Å². The summed E-state index contributed by atoms with van der Waals surface area (Å²) in [5.41, 5.74) is 0.999. The summed E-state index contributed by atoms with van der Waals surface area (Å²) in [6.45, 7) is 8.52. The number of hydrogen-bond acceptors (Lipinski definition) is 6. The van der Waals surface area contributed by atoms with Gasteiger partial charge in [-0.1, -0.05) is 30.3 Å². The molecule has 170 valence electrons. The van der Waals surface area contributed by atoms with Crippen molar-refractivity contribution in [2.45, 2.75) is 52.6 Å². The van der Waals surface area contributed by atoms with E-state index in [0.717, 1.165) is 12.0 Å². The number of ether oxygens (including phenoxy) is 1. The zero-order chi connectivity index (χ0) is 22.1. The summed E-state index contributed by atoms with van der Waals surface area (Å²) in [6.07, 6.45) is 1.01. The van der Waals surface area contributed by atoms with Crippen LogP contribution in [0.15, 0.2) is 30.3 Å². The Hall–Kier alpha value is -1.94. The number of carbonyl (C=O) groups excluding carboxylic acids is 2. The number of nitrogens with one attached hydrogen (secondary N) is 2. The average Bonchev–Trinajstić information content (AvgIpc) is 2.74. The van der Waals surface area contributed by atoms with Gasteiger partial charge in [0.15, 0.2) is 0 Å². The molecule has 0 heterocycles. The van der Waals surface area contributed by atoms with Gasteiger partial charge in [-0.05, 0) is 39.2 Å². The quantitative estimate of drug-likeness (QED) is 0.303. The predicted molar refractivity (Wildman–Crippen MR) is 117 cm³/mol. The summed E-state index contributed by atoms with van der Waals surface area (Å²) >= 11 is 0. The van der Waals surface area contributed by atoms with Crippen molar-refractivity contribution < 1.29 is 27.6 Å². The van der Waals surface area contributed by atoms with Gasteiger partial charge in [-0.25, -0.2) is 4.79 Å². The molecule has 0 bridgehead atoms. The van der Waals surface area contributed by atoms with E-state index in [1.54, 1.807) is 0 Å². The highest BCUT2D eigenvalue weighted by atomic mass is 28.4. The van der Waals surface area contributed by atoms with Gasteiger partial charge < -0.3 is 28.6 Å². The zero-order valence-electron chi connectivity index (χ0n) is 18.4. The number of alkyl carbamates (subject to hydrolysis) is 1. The first kappa shape index (κ1) is 26.1. The minimum Gasteiger partial charge on any atom is -0.450 e. The van der Waals surface area contributed by atoms with E-state index >= 15 is 0 Å². The maximum absolute atomic E-state index is 12.0. The second-order valence-electron chi connectivity index (χ2n) is 6.51. The van der Waals surface area contributed by atoms with E-state index in [1.165, 1.54) is 0 Å². The Morgan fingerprint density at radius 2 is 1.53 bits per heavy atom. The molecule has 0 aliphatic heterocycles. The van der Waals surface area contributed by atoms with E-state index in [-0.39, 0.29) is 12.5 Å². The second-order valence-corrected chi connectivity index (χ2v) is 9.25. The SMILES string of the molecule is CCO[Si](CCCNC(=O)CCCOC(=O)NCc1ccccc1)(OCC)OCC. The number of amides is 2. The number of carbonyl (C=O) groups is 2. The lowest BCUT2D eigenvalue weighted by atomic mass is 10.2. The molecule has 1 aromatic rings. The summed E-state index contributed by atoms with van der Waals surface area (Å²) < 4.78 is 22.5. The van der Waals surface area contributed by atoms with Crippen LogP contribution in [0.5, 0.6) is 0 Å². The van der Waals surface area contributed by atoms with Crippen LogP contribution in [0, 0.1) is 0 Å². The molecular formula is C21H36N2O6Si. The van der Waals surface area contributed by atoms with Crippen molar-refractivity contribution >= 4 is 20.8 Å². The first-order valence-electron chi connectivity index (χ1n) is 10.7. The smallest absolute Gasteiger partial charge is 0.450 e. The highest BCUT2D eigenvalue weighted by Crippen LogP contribution is 2.17. The van der Waals surface area contributed by atoms with Crippen LogP contribution in [-0.2, 0) is 29.4 Å². The Kier molecular flexibility index (Phi) is 13.8. The number of benzene rings is 1. The van der Waals surface area contributed by atoms with E-state index < -0.39 is 14.9 Å². The van der Waals surface area contributed by atoms with Crippen molar-refractivity contribution in [1.29, 1.82) is 0 Å². The Morgan fingerprint density at radius 3 is 2.13 bits per heavy atom. The van der Waals surface area contributed by atoms with Crippen molar-refractivity contribution in [3.05, 3.63) is 35.9 Å². The molecule has 0 unspecified atom stereocenters. The minimum absolute atomic E-state index is 0.0696. The van der Waals surface area contributed by atoms with Crippen LogP contribution >= 0.6 is 0 Å². The molecule has 0 saturated carbocycles. The van der Waals surface area contributed by atoms with Gasteiger partial charge >= 0.3 is 14.9 Å². The molecule has 0 spiro atoms. The molecule has 0 aliphatic carbocycles. The lowest BCUT2D eigenvalue weighted by molar-refractivity contribution is -0.121. The normalized spacial score (nSPS) is 11.2. The highest BCUT2D eigenvalue weighted by Gasteiger charge is 2.39. The number of rotatable bonds is 16. The maximum Gasteiger partial charge on any atom is 0.500 e. The number of hydrogen-bond donors (Lipinski definition) is 2. The molecule has 8 nitrogen and oxygen atoms in total. The fourth-order valence-electron chi connectivity index (χ4n) is 2.84. The van der Waals surface area contributed by atoms with Crippen LogP contribution in [0.25, 0.3) is 0 Å². The van der Waals surface area contributed by atoms with Gasteiger partial charge in [0.05, 0.1) is 6.61 Å². The lowest BCUT2D eigenvalue weighted by Gasteiger charge is -2.28. The third-order valence-electron chi connectivity index (χ3n) is 4.14. The summed E-state index contributed by atoms with van der Waals surface area (Å²) in [5, 5.41) is 5.56. The van der Waals surface area contributed by atoms with Crippen molar-refractivity contribution in [2.24, 2.45) is 0 Å². The molecule has 0 aliphatic rings. The van der Waals surface area contributed by atoms with E-state index in [2.05, 4.69) is 10.6 Å². The molecular weight excluding hydrogens is 404 g/mol. The van der Waals surface area contributed by atoms with E-state index in [4.69, 9.17) is 18.0 Å². The van der Waals surface area contributed by atoms with Crippen molar-refractivity contribution in [3.8, 4) is 0 Å². The zero-order valence-corrected chi connectivity index (χ0v) is 19.4. The molecule has 1 rings (SSSR count). The monoisotopic (exact) mass is 440 g/mol. The fraction of sp³-hybridized carbons (Fsp3) is 0.619. The summed E-state index contributed by atoms with van der Waals surface area (Å²) in [7, 11) is -2.66. The van der Waals surface area contributed by atoms with Gasteiger partial charge in [0.2, 0.25) is 5.91 Å². The fourth-order valence-corrected chi connectivity index (χ4v) is 5.45. The van der Waals surface area contributed by atoms with Gasteiger partial charge in [-0.15, -0.1) is 0 Å². The molecule has 0 radical (unpaired) electrons. The van der Waals surface area contributed by atoms with E-state index in [1.807, 2.05) is 51.1 Å². The third-order valence-corrected chi connectivity index (χ3v) is 7.29. The molecule has 0 saturated heterocycles. The van der Waals surface area contributed by atoms with Gasteiger partial charge in [-0.2, -0.15) is 0 Å². The van der Waals surface area contributed by atoms with Gasteiger partial charge in [-0.3, -0.25) is 4.79 Å². The summed E-state index contributed by atoms with van der Waals surface area (Å²) in [6, 6.07) is 10.2. The molecule has 0 aromatic heterocycles. The molecule has 2 N–H and O–H groups in total. The molecule has 2 amide bonds. The highest BCUT2D eigenvalue weighted by molar-refractivity contribution is 6.60.